The molecular formula is C16H27NO. The van der Waals surface area contributed by atoms with Gasteiger partial charge in [0.05, 0.1) is 6.61 Å². The molecule has 0 aliphatic heterocycles. The smallest absolute Gasteiger partial charge is 0.119 e. The van der Waals surface area contributed by atoms with Gasteiger partial charge in [-0.2, -0.15) is 0 Å². The van der Waals surface area contributed by atoms with Crippen molar-refractivity contribution in [3.63, 3.8) is 0 Å². The first-order valence-electron chi connectivity index (χ1n) is 6.94. The maximum absolute atomic E-state index is 5.70. The molecule has 0 radical (unpaired) electrons. The third kappa shape index (κ3) is 4.69. The molecule has 102 valence electrons. The number of benzene rings is 1. The van der Waals surface area contributed by atoms with E-state index in [0.717, 1.165) is 31.6 Å². The number of rotatable bonds is 7. The molecule has 0 fully saturated rings. The maximum atomic E-state index is 5.70. The molecule has 1 unspecified atom stereocenters. The van der Waals surface area contributed by atoms with Crippen LogP contribution < -0.4 is 10.5 Å². The highest BCUT2D eigenvalue weighted by atomic mass is 16.5. The van der Waals surface area contributed by atoms with E-state index in [9.17, 15) is 0 Å². The average molecular weight is 249 g/mol. The number of hydrogen-bond donors (Lipinski definition) is 1. The van der Waals surface area contributed by atoms with E-state index < -0.39 is 0 Å². The second-order valence-corrected chi connectivity index (χ2v) is 5.73. The van der Waals surface area contributed by atoms with Crippen LogP contribution in [0.4, 0.5) is 0 Å². The van der Waals surface area contributed by atoms with Gasteiger partial charge in [-0.3, -0.25) is 0 Å². The minimum absolute atomic E-state index is 0.244. The molecule has 0 saturated carbocycles. The maximum Gasteiger partial charge on any atom is 0.119 e. The molecule has 0 saturated heterocycles. The van der Waals surface area contributed by atoms with Crippen LogP contribution in [0.5, 0.6) is 5.75 Å². The summed E-state index contributed by atoms with van der Waals surface area (Å²) in [5.74, 6) is 0.954. The molecule has 0 amide bonds. The van der Waals surface area contributed by atoms with Gasteiger partial charge in [-0.1, -0.05) is 32.9 Å². The van der Waals surface area contributed by atoms with Crippen molar-refractivity contribution in [2.75, 3.05) is 6.61 Å². The van der Waals surface area contributed by atoms with E-state index in [2.05, 4.69) is 45.0 Å². The summed E-state index contributed by atoms with van der Waals surface area (Å²) in [6.45, 7) is 9.54. The first-order valence-corrected chi connectivity index (χ1v) is 6.94. The van der Waals surface area contributed by atoms with E-state index in [-0.39, 0.29) is 11.5 Å². The van der Waals surface area contributed by atoms with Gasteiger partial charge in [0.1, 0.15) is 5.75 Å². The first-order chi connectivity index (χ1) is 8.45. The second-order valence-electron chi connectivity index (χ2n) is 5.73. The van der Waals surface area contributed by atoms with Crippen molar-refractivity contribution >= 4 is 0 Å². The Morgan fingerprint density at radius 3 is 2.33 bits per heavy atom. The van der Waals surface area contributed by atoms with Crippen molar-refractivity contribution in [2.24, 2.45) is 5.73 Å². The van der Waals surface area contributed by atoms with Crippen molar-refractivity contribution < 1.29 is 4.74 Å². The van der Waals surface area contributed by atoms with Gasteiger partial charge in [-0.15, -0.1) is 0 Å². The zero-order valence-electron chi connectivity index (χ0n) is 12.2. The van der Waals surface area contributed by atoms with Crippen LogP contribution in [0.15, 0.2) is 24.3 Å². The lowest BCUT2D eigenvalue weighted by atomic mass is 9.82. The van der Waals surface area contributed by atoms with Crippen LogP contribution in [0.3, 0.4) is 0 Å². The predicted molar refractivity (Wildman–Crippen MR) is 78.1 cm³/mol. The van der Waals surface area contributed by atoms with Crippen LogP contribution in [0.2, 0.25) is 0 Å². The SMILES string of the molecule is CCC(C)(C)c1ccc(OCCCC(C)N)cc1. The zero-order chi connectivity index (χ0) is 13.6. The van der Waals surface area contributed by atoms with E-state index in [1.54, 1.807) is 0 Å². The van der Waals surface area contributed by atoms with Crippen molar-refractivity contribution in [1.29, 1.82) is 0 Å². The van der Waals surface area contributed by atoms with Gasteiger partial charge in [-0.05, 0) is 49.3 Å². The Morgan fingerprint density at radius 2 is 1.83 bits per heavy atom. The van der Waals surface area contributed by atoms with Gasteiger partial charge < -0.3 is 10.5 Å². The second kappa shape index (κ2) is 6.79. The van der Waals surface area contributed by atoms with Crippen molar-refractivity contribution in [3.05, 3.63) is 29.8 Å². The molecule has 2 nitrogen and oxygen atoms in total. The normalized spacial score (nSPS) is 13.4. The molecule has 0 aliphatic carbocycles. The zero-order valence-corrected chi connectivity index (χ0v) is 12.2. The van der Waals surface area contributed by atoms with Gasteiger partial charge in [0.15, 0.2) is 0 Å². The molecule has 2 heteroatoms. The van der Waals surface area contributed by atoms with Crippen LogP contribution in [-0.2, 0) is 5.41 Å². The van der Waals surface area contributed by atoms with Crippen molar-refractivity contribution in [2.45, 2.75) is 58.4 Å². The van der Waals surface area contributed by atoms with Crippen LogP contribution in [0.1, 0.15) is 52.5 Å². The van der Waals surface area contributed by atoms with Gasteiger partial charge in [-0.25, -0.2) is 0 Å². The lowest BCUT2D eigenvalue weighted by molar-refractivity contribution is 0.302. The summed E-state index contributed by atoms with van der Waals surface area (Å²) in [6.07, 6.45) is 3.17. The van der Waals surface area contributed by atoms with Crippen molar-refractivity contribution in [1.82, 2.24) is 0 Å². The van der Waals surface area contributed by atoms with Gasteiger partial charge in [0, 0.05) is 6.04 Å². The number of ether oxygens (including phenoxy) is 1. The molecule has 1 rings (SSSR count). The van der Waals surface area contributed by atoms with E-state index in [1.807, 2.05) is 6.92 Å². The average Bonchev–Trinajstić information content (AvgIpc) is 2.35. The van der Waals surface area contributed by atoms with E-state index in [4.69, 9.17) is 10.5 Å². The summed E-state index contributed by atoms with van der Waals surface area (Å²) >= 11 is 0. The highest BCUT2D eigenvalue weighted by molar-refractivity contribution is 5.31. The Bertz CT molecular complexity index is 341. The Balaban J connectivity index is 2.46. The van der Waals surface area contributed by atoms with Gasteiger partial charge in [0.2, 0.25) is 0 Å². The lowest BCUT2D eigenvalue weighted by Crippen LogP contribution is -2.16. The molecule has 0 heterocycles. The molecule has 1 aromatic rings. The minimum atomic E-state index is 0.244. The summed E-state index contributed by atoms with van der Waals surface area (Å²) in [5, 5.41) is 0. The molecule has 0 aliphatic rings. The number of nitrogens with two attached hydrogens (primary N) is 1. The van der Waals surface area contributed by atoms with Gasteiger partial charge >= 0.3 is 0 Å². The molecule has 1 aromatic carbocycles. The largest absolute Gasteiger partial charge is 0.494 e. The Hall–Kier alpha value is -1.02. The first kappa shape index (κ1) is 15.0. The van der Waals surface area contributed by atoms with Crippen molar-refractivity contribution in [3.8, 4) is 5.75 Å². The quantitative estimate of drug-likeness (QED) is 0.744. The highest BCUT2D eigenvalue weighted by Gasteiger charge is 2.17. The number of hydrogen-bond acceptors (Lipinski definition) is 2. The Morgan fingerprint density at radius 1 is 1.22 bits per heavy atom. The molecule has 18 heavy (non-hydrogen) atoms. The molecular weight excluding hydrogens is 222 g/mol. The minimum Gasteiger partial charge on any atom is -0.494 e. The Labute approximate surface area is 112 Å². The predicted octanol–water partition coefficient (Wildman–Crippen LogP) is 3.88. The third-order valence-electron chi connectivity index (χ3n) is 3.59. The van der Waals surface area contributed by atoms with Crippen LogP contribution in [0.25, 0.3) is 0 Å². The fraction of sp³-hybridized carbons (Fsp3) is 0.625. The summed E-state index contributed by atoms with van der Waals surface area (Å²) in [7, 11) is 0. The standard InChI is InChI=1S/C16H27NO/c1-5-16(3,4)14-8-10-15(11-9-14)18-12-6-7-13(2)17/h8-11,13H,5-7,12,17H2,1-4H3. The summed E-state index contributed by atoms with van der Waals surface area (Å²) in [5.41, 5.74) is 7.31. The van der Waals surface area contributed by atoms with E-state index in [1.165, 1.54) is 5.56 Å². The summed E-state index contributed by atoms with van der Waals surface area (Å²) < 4.78 is 5.70. The van der Waals surface area contributed by atoms with E-state index in [0.29, 0.717) is 0 Å². The van der Waals surface area contributed by atoms with Gasteiger partial charge in [0.25, 0.3) is 0 Å². The Kier molecular flexibility index (Phi) is 5.67. The molecule has 0 bridgehead atoms. The fourth-order valence-corrected chi connectivity index (χ4v) is 1.80. The monoisotopic (exact) mass is 249 g/mol. The van der Waals surface area contributed by atoms with E-state index >= 15 is 0 Å². The lowest BCUT2D eigenvalue weighted by Gasteiger charge is -2.23. The third-order valence-corrected chi connectivity index (χ3v) is 3.59. The topological polar surface area (TPSA) is 35.2 Å². The fourth-order valence-electron chi connectivity index (χ4n) is 1.80. The summed E-state index contributed by atoms with van der Waals surface area (Å²) in [6, 6.07) is 8.74. The van der Waals surface area contributed by atoms with Crippen LogP contribution in [-0.4, -0.2) is 12.6 Å². The van der Waals surface area contributed by atoms with Crippen LogP contribution in [0, 0.1) is 0 Å². The van der Waals surface area contributed by atoms with Crippen LogP contribution >= 0.6 is 0 Å². The highest BCUT2D eigenvalue weighted by Crippen LogP contribution is 2.28. The molecule has 0 aromatic heterocycles. The molecule has 2 N–H and O–H groups in total. The molecule has 1 atom stereocenters. The molecule has 0 spiro atoms. The summed E-state index contributed by atoms with van der Waals surface area (Å²) in [4.78, 5) is 0.